The molecule has 2 aliphatic rings. The van der Waals surface area contributed by atoms with Gasteiger partial charge < -0.3 is 4.74 Å². The molecule has 1 heterocycles. The van der Waals surface area contributed by atoms with Crippen molar-refractivity contribution in [3.8, 4) is 0 Å². The smallest absolute Gasteiger partial charge is 0.0906 e. The van der Waals surface area contributed by atoms with Gasteiger partial charge in [0.25, 0.3) is 0 Å². The van der Waals surface area contributed by atoms with E-state index in [1.807, 2.05) is 6.08 Å². The molecule has 1 heteroatoms. The Morgan fingerprint density at radius 3 is 2.81 bits per heavy atom. The van der Waals surface area contributed by atoms with E-state index in [9.17, 15) is 0 Å². The van der Waals surface area contributed by atoms with Crippen LogP contribution in [-0.4, -0.2) is 12.2 Å². The zero-order valence-corrected chi connectivity index (χ0v) is 10.8. The van der Waals surface area contributed by atoms with Gasteiger partial charge in [-0.1, -0.05) is 39.8 Å². The van der Waals surface area contributed by atoms with Crippen LogP contribution in [-0.2, 0) is 4.74 Å². The average Bonchev–Trinajstić information content (AvgIpc) is 2.61. The highest BCUT2D eigenvalue weighted by atomic mass is 16.5. The van der Waals surface area contributed by atoms with Gasteiger partial charge in [0.15, 0.2) is 0 Å². The van der Waals surface area contributed by atoms with Crippen molar-refractivity contribution in [2.24, 2.45) is 17.8 Å². The third-order valence-corrected chi connectivity index (χ3v) is 4.27. The molecule has 1 unspecified atom stereocenters. The molecule has 0 radical (unpaired) electrons. The maximum absolute atomic E-state index is 6.17. The maximum atomic E-state index is 6.17. The summed E-state index contributed by atoms with van der Waals surface area (Å²) < 4.78 is 6.17. The first-order chi connectivity index (χ1) is 7.57. The largest absolute Gasteiger partial charge is 0.366 e. The molecule has 1 saturated carbocycles. The standard InChI is InChI=1S/C15H24O/c1-5-13-9-15(16-10-13)8-12(4)6-7-14(15)11(2)3/h5,9,11-12,14H,1,6-8,10H2,2-4H3/t12-,14+,15?/m1/s1. The average molecular weight is 220 g/mol. The second kappa shape index (κ2) is 4.37. The van der Waals surface area contributed by atoms with Crippen LogP contribution in [0.5, 0.6) is 0 Å². The van der Waals surface area contributed by atoms with Crippen molar-refractivity contribution in [3.05, 3.63) is 24.3 Å². The van der Waals surface area contributed by atoms with Crippen molar-refractivity contribution >= 4 is 0 Å². The molecule has 1 nitrogen and oxygen atoms in total. The Morgan fingerprint density at radius 2 is 2.25 bits per heavy atom. The molecule has 1 aliphatic heterocycles. The van der Waals surface area contributed by atoms with E-state index >= 15 is 0 Å². The number of hydrogen-bond acceptors (Lipinski definition) is 1. The highest BCUT2D eigenvalue weighted by Gasteiger charge is 2.46. The van der Waals surface area contributed by atoms with E-state index in [1.165, 1.54) is 24.8 Å². The molecule has 0 aromatic rings. The van der Waals surface area contributed by atoms with Gasteiger partial charge in [-0.25, -0.2) is 0 Å². The van der Waals surface area contributed by atoms with Gasteiger partial charge in [0.2, 0.25) is 0 Å². The minimum Gasteiger partial charge on any atom is -0.366 e. The van der Waals surface area contributed by atoms with E-state index in [4.69, 9.17) is 4.74 Å². The van der Waals surface area contributed by atoms with Crippen LogP contribution >= 0.6 is 0 Å². The third kappa shape index (κ3) is 1.98. The predicted octanol–water partition coefficient (Wildman–Crippen LogP) is 3.96. The van der Waals surface area contributed by atoms with E-state index in [0.717, 1.165) is 12.5 Å². The van der Waals surface area contributed by atoms with Crippen LogP contribution in [0.3, 0.4) is 0 Å². The van der Waals surface area contributed by atoms with Gasteiger partial charge >= 0.3 is 0 Å². The Kier molecular flexibility index (Phi) is 3.25. The highest BCUT2D eigenvalue weighted by Crippen LogP contribution is 2.47. The number of hydrogen-bond donors (Lipinski definition) is 0. The molecule has 16 heavy (non-hydrogen) atoms. The van der Waals surface area contributed by atoms with E-state index in [-0.39, 0.29) is 5.60 Å². The first kappa shape index (κ1) is 11.9. The summed E-state index contributed by atoms with van der Waals surface area (Å²) in [6.45, 7) is 11.6. The molecule has 0 amide bonds. The summed E-state index contributed by atoms with van der Waals surface area (Å²) in [7, 11) is 0. The van der Waals surface area contributed by atoms with Crippen molar-refractivity contribution in [3.63, 3.8) is 0 Å². The van der Waals surface area contributed by atoms with Gasteiger partial charge in [-0.2, -0.15) is 0 Å². The molecule has 90 valence electrons. The normalized spacial score (nSPS) is 39.1. The van der Waals surface area contributed by atoms with Crippen LogP contribution in [0.15, 0.2) is 24.3 Å². The van der Waals surface area contributed by atoms with Crippen LogP contribution in [0.4, 0.5) is 0 Å². The number of ether oxygens (including phenoxy) is 1. The lowest BCUT2D eigenvalue weighted by atomic mass is 9.67. The van der Waals surface area contributed by atoms with Crippen molar-refractivity contribution < 1.29 is 4.74 Å². The lowest BCUT2D eigenvalue weighted by Crippen LogP contribution is -2.44. The molecule has 1 fully saturated rings. The van der Waals surface area contributed by atoms with Crippen molar-refractivity contribution in [2.75, 3.05) is 6.61 Å². The zero-order valence-electron chi connectivity index (χ0n) is 10.8. The van der Waals surface area contributed by atoms with Crippen LogP contribution < -0.4 is 0 Å². The fraction of sp³-hybridized carbons (Fsp3) is 0.733. The summed E-state index contributed by atoms with van der Waals surface area (Å²) in [6.07, 6.45) is 8.16. The molecule has 1 spiro atoms. The minimum absolute atomic E-state index is 0.0232. The summed E-state index contributed by atoms with van der Waals surface area (Å²) >= 11 is 0. The van der Waals surface area contributed by atoms with E-state index in [2.05, 4.69) is 33.4 Å². The van der Waals surface area contributed by atoms with Crippen LogP contribution in [0.1, 0.15) is 40.0 Å². The lowest BCUT2D eigenvalue weighted by molar-refractivity contribution is -0.0752. The Hall–Kier alpha value is -0.560. The Bertz CT molecular complexity index is 303. The molecule has 0 aromatic heterocycles. The Balaban J connectivity index is 2.26. The first-order valence-electron chi connectivity index (χ1n) is 6.55. The van der Waals surface area contributed by atoms with Crippen molar-refractivity contribution in [2.45, 2.75) is 45.6 Å². The Morgan fingerprint density at radius 1 is 1.50 bits per heavy atom. The molecule has 0 bridgehead atoms. The zero-order chi connectivity index (χ0) is 11.8. The minimum atomic E-state index is 0.0232. The van der Waals surface area contributed by atoms with E-state index in [1.54, 1.807) is 0 Å². The van der Waals surface area contributed by atoms with Crippen molar-refractivity contribution in [1.29, 1.82) is 0 Å². The molecule has 2 rings (SSSR count). The topological polar surface area (TPSA) is 9.23 Å². The molecular weight excluding hydrogens is 196 g/mol. The molecule has 0 N–H and O–H groups in total. The summed E-state index contributed by atoms with van der Waals surface area (Å²) in [5.74, 6) is 2.17. The van der Waals surface area contributed by atoms with Gasteiger partial charge in [-0.05, 0) is 42.2 Å². The van der Waals surface area contributed by atoms with Gasteiger partial charge in [0, 0.05) is 0 Å². The molecule has 0 saturated heterocycles. The first-order valence-corrected chi connectivity index (χ1v) is 6.55. The SMILES string of the molecule is C=CC1=CC2(C[C@H](C)CC[C@H]2C(C)C)OC1. The highest BCUT2D eigenvalue weighted by molar-refractivity contribution is 5.28. The maximum Gasteiger partial charge on any atom is 0.0906 e. The second-order valence-electron chi connectivity index (χ2n) is 5.90. The predicted molar refractivity (Wildman–Crippen MR) is 68.3 cm³/mol. The van der Waals surface area contributed by atoms with E-state index in [0.29, 0.717) is 11.8 Å². The van der Waals surface area contributed by atoms with Gasteiger partial charge in [0.05, 0.1) is 12.2 Å². The van der Waals surface area contributed by atoms with Crippen LogP contribution in [0.2, 0.25) is 0 Å². The fourth-order valence-corrected chi connectivity index (χ4v) is 3.47. The molecule has 0 aromatic carbocycles. The summed E-state index contributed by atoms with van der Waals surface area (Å²) in [4.78, 5) is 0. The van der Waals surface area contributed by atoms with E-state index < -0.39 is 0 Å². The quantitative estimate of drug-likeness (QED) is 0.684. The third-order valence-electron chi connectivity index (χ3n) is 4.27. The van der Waals surface area contributed by atoms with Crippen LogP contribution in [0.25, 0.3) is 0 Å². The van der Waals surface area contributed by atoms with Crippen LogP contribution in [0, 0.1) is 17.8 Å². The molecular formula is C15H24O. The van der Waals surface area contributed by atoms with Gasteiger partial charge in [-0.15, -0.1) is 0 Å². The number of rotatable bonds is 2. The van der Waals surface area contributed by atoms with Gasteiger partial charge in [0.1, 0.15) is 0 Å². The van der Waals surface area contributed by atoms with Gasteiger partial charge in [-0.3, -0.25) is 0 Å². The molecule has 3 atom stereocenters. The monoisotopic (exact) mass is 220 g/mol. The fourth-order valence-electron chi connectivity index (χ4n) is 3.47. The van der Waals surface area contributed by atoms with Crippen molar-refractivity contribution in [1.82, 2.24) is 0 Å². The lowest BCUT2D eigenvalue weighted by Gasteiger charge is -2.44. The Labute approximate surface area is 99.6 Å². The second-order valence-corrected chi connectivity index (χ2v) is 5.90. The summed E-state index contributed by atoms with van der Waals surface area (Å²) in [5, 5.41) is 0. The molecule has 1 aliphatic carbocycles. The summed E-state index contributed by atoms with van der Waals surface area (Å²) in [6, 6.07) is 0. The summed E-state index contributed by atoms with van der Waals surface area (Å²) in [5.41, 5.74) is 1.30.